The van der Waals surface area contributed by atoms with E-state index in [2.05, 4.69) is 16.3 Å². The number of H-pyrrole nitrogens is 1. The molecule has 1 aromatic heterocycles. The van der Waals surface area contributed by atoms with Gasteiger partial charge in [0, 0.05) is 5.56 Å². The lowest BCUT2D eigenvalue weighted by Crippen LogP contribution is -2.21. The van der Waals surface area contributed by atoms with E-state index in [-0.39, 0.29) is 11.5 Å². The number of allylic oxidation sites excluding steroid dienone is 1. The summed E-state index contributed by atoms with van der Waals surface area (Å²) in [5.74, 6) is 0.0766. The molecule has 1 atom stereocenters. The van der Waals surface area contributed by atoms with Crippen LogP contribution >= 0.6 is 0 Å². The largest absolute Gasteiger partial charge is 0.497 e. The number of nitrogens with one attached hydrogen (secondary N) is 1. The summed E-state index contributed by atoms with van der Waals surface area (Å²) in [6.07, 6.45) is 0. The Labute approximate surface area is 172 Å². The van der Waals surface area contributed by atoms with Crippen LogP contribution in [0.4, 0.5) is 0 Å². The van der Waals surface area contributed by atoms with Gasteiger partial charge in [-0.3, -0.25) is 5.10 Å². The molecule has 3 aromatic rings. The van der Waals surface area contributed by atoms with Crippen LogP contribution < -0.4 is 15.2 Å². The fraction of sp³-hybridized carbons (Fsp3) is 0.136. The van der Waals surface area contributed by atoms with E-state index in [1.54, 1.807) is 31.4 Å². The molecular formula is C22H18N4O4. The van der Waals surface area contributed by atoms with Crippen molar-refractivity contribution in [1.82, 2.24) is 10.2 Å². The summed E-state index contributed by atoms with van der Waals surface area (Å²) in [5, 5.41) is 17.0. The number of carbonyl (C=O) groups excluding carboxylic acids is 1. The van der Waals surface area contributed by atoms with Gasteiger partial charge >= 0.3 is 5.97 Å². The van der Waals surface area contributed by atoms with Gasteiger partial charge in [0.2, 0.25) is 11.8 Å². The molecule has 0 unspecified atom stereocenters. The Kier molecular flexibility index (Phi) is 4.86. The Morgan fingerprint density at radius 1 is 1.17 bits per heavy atom. The van der Waals surface area contributed by atoms with Gasteiger partial charge in [-0.2, -0.15) is 5.26 Å². The zero-order chi connectivity index (χ0) is 21.3. The topological polar surface area (TPSA) is 123 Å². The molecular weight excluding hydrogens is 384 g/mol. The first-order valence-corrected chi connectivity index (χ1v) is 9.06. The van der Waals surface area contributed by atoms with Crippen LogP contribution in [0.25, 0.3) is 11.3 Å². The summed E-state index contributed by atoms with van der Waals surface area (Å²) < 4.78 is 15.6. The SMILES string of the molecule is COC(=O)c1ccc([C@@H]2C(C#N)=C(N)Oc3n[nH]c(-c4ccc(OC)cc4)c32)cc1. The van der Waals surface area contributed by atoms with Gasteiger partial charge in [0.15, 0.2) is 0 Å². The molecule has 0 spiro atoms. The number of fused-ring (bicyclic) bond motifs is 1. The van der Waals surface area contributed by atoms with Gasteiger partial charge in [-0.1, -0.05) is 12.1 Å². The zero-order valence-electron chi connectivity index (χ0n) is 16.3. The Morgan fingerprint density at radius 2 is 1.87 bits per heavy atom. The van der Waals surface area contributed by atoms with E-state index in [4.69, 9.17) is 19.9 Å². The normalized spacial score (nSPS) is 15.0. The summed E-state index contributed by atoms with van der Waals surface area (Å²) in [4.78, 5) is 11.8. The lowest BCUT2D eigenvalue weighted by atomic mass is 9.83. The van der Waals surface area contributed by atoms with E-state index >= 15 is 0 Å². The monoisotopic (exact) mass is 402 g/mol. The number of nitrogens with two attached hydrogens (primary N) is 1. The molecule has 4 rings (SSSR count). The van der Waals surface area contributed by atoms with Crippen LogP contribution in [0.15, 0.2) is 60.0 Å². The summed E-state index contributed by atoms with van der Waals surface area (Å²) in [5.41, 5.74) is 9.70. The first-order chi connectivity index (χ1) is 14.6. The van der Waals surface area contributed by atoms with Crippen LogP contribution in [0.2, 0.25) is 0 Å². The average molecular weight is 402 g/mol. The Balaban J connectivity index is 1.85. The number of hydrogen-bond donors (Lipinski definition) is 2. The van der Waals surface area contributed by atoms with Crippen LogP contribution in [-0.2, 0) is 4.74 Å². The maximum atomic E-state index is 11.8. The Hall–Kier alpha value is -4.25. The predicted octanol–water partition coefficient (Wildman–Crippen LogP) is 3.09. The van der Waals surface area contributed by atoms with E-state index in [0.29, 0.717) is 22.7 Å². The first-order valence-electron chi connectivity index (χ1n) is 9.06. The third-order valence-electron chi connectivity index (χ3n) is 4.98. The number of nitrogens with zero attached hydrogens (tertiary/aromatic N) is 2. The van der Waals surface area contributed by atoms with Crippen LogP contribution in [0.3, 0.4) is 0 Å². The maximum absolute atomic E-state index is 11.8. The lowest BCUT2D eigenvalue weighted by molar-refractivity contribution is 0.0600. The number of aromatic amines is 1. The molecule has 1 aliphatic heterocycles. The molecule has 0 saturated carbocycles. The molecule has 150 valence electrons. The summed E-state index contributed by atoms with van der Waals surface area (Å²) in [6, 6.07) is 16.4. The van der Waals surface area contributed by atoms with Crippen molar-refractivity contribution in [1.29, 1.82) is 5.26 Å². The number of rotatable bonds is 4. The molecule has 30 heavy (non-hydrogen) atoms. The highest BCUT2D eigenvalue weighted by molar-refractivity contribution is 5.89. The average Bonchev–Trinajstić information content (AvgIpc) is 3.21. The second kappa shape index (κ2) is 7.64. The minimum absolute atomic E-state index is 0.000162. The Bertz CT molecular complexity index is 1170. The second-order valence-corrected chi connectivity index (χ2v) is 6.58. The van der Waals surface area contributed by atoms with Gasteiger partial charge in [-0.25, -0.2) is 4.79 Å². The minimum Gasteiger partial charge on any atom is -0.497 e. The van der Waals surface area contributed by atoms with Crippen LogP contribution in [0, 0.1) is 11.3 Å². The molecule has 3 N–H and O–H groups in total. The van der Waals surface area contributed by atoms with Crippen LogP contribution in [-0.4, -0.2) is 30.4 Å². The highest BCUT2D eigenvalue weighted by Crippen LogP contribution is 2.45. The van der Waals surface area contributed by atoms with Crippen molar-refractivity contribution in [2.75, 3.05) is 14.2 Å². The summed E-state index contributed by atoms with van der Waals surface area (Å²) in [7, 11) is 2.92. The second-order valence-electron chi connectivity index (χ2n) is 6.58. The molecule has 0 bridgehead atoms. The number of aromatic nitrogens is 2. The standard InChI is InChI=1S/C22H18N4O4/c1-28-15-9-7-13(8-10-15)19-18-17(12-3-5-14(6-4-12)22(27)29-2)16(11-23)20(24)30-21(18)26-25-19/h3-10,17H,24H2,1-2H3,(H,25,26)/t17-/m1/s1. The van der Waals surface area contributed by atoms with Crippen molar-refractivity contribution in [3.05, 3.63) is 76.7 Å². The summed E-state index contributed by atoms with van der Waals surface area (Å²) >= 11 is 0. The maximum Gasteiger partial charge on any atom is 0.337 e. The molecule has 8 nitrogen and oxygen atoms in total. The predicted molar refractivity (Wildman–Crippen MR) is 108 cm³/mol. The van der Waals surface area contributed by atoms with E-state index in [1.165, 1.54) is 7.11 Å². The number of carbonyl (C=O) groups is 1. The van der Waals surface area contributed by atoms with Crippen molar-refractivity contribution in [2.45, 2.75) is 5.92 Å². The summed E-state index contributed by atoms with van der Waals surface area (Å²) in [6.45, 7) is 0. The van der Waals surface area contributed by atoms with Crippen LogP contribution in [0.1, 0.15) is 27.4 Å². The molecule has 0 aliphatic carbocycles. The van der Waals surface area contributed by atoms with Crippen molar-refractivity contribution in [2.24, 2.45) is 5.73 Å². The zero-order valence-corrected chi connectivity index (χ0v) is 16.3. The highest BCUT2D eigenvalue weighted by Gasteiger charge is 2.35. The molecule has 0 saturated heterocycles. The van der Waals surface area contributed by atoms with E-state index < -0.39 is 11.9 Å². The molecule has 2 aromatic carbocycles. The lowest BCUT2D eigenvalue weighted by Gasteiger charge is -2.24. The molecule has 2 heterocycles. The van der Waals surface area contributed by atoms with E-state index in [0.717, 1.165) is 16.9 Å². The molecule has 0 amide bonds. The minimum atomic E-state index is -0.513. The fourth-order valence-corrected chi connectivity index (χ4v) is 3.49. The van der Waals surface area contributed by atoms with E-state index in [1.807, 2.05) is 24.3 Å². The van der Waals surface area contributed by atoms with Crippen molar-refractivity contribution >= 4 is 5.97 Å². The number of benzene rings is 2. The van der Waals surface area contributed by atoms with Gasteiger partial charge in [0.05, 0.1) is 37.0 Å². The molecule has 0 fully saturated rings. The van der Waals surface area contributed by atoms with Gasteiger partial charge in [-0.15, -0.1) is 5.10 Å². The quantitative estimate of drug-likeness (QED) is 0.643. The highest BCUT2D eigenvalue weighted by atomic mass is 16.5. The third-order valence-corrected chi connectivity index (χ3v) is 4.98. The van der Waals surface area contributed by atoms with Gasteiger partial charge in [0.1, 0.15) is 17.4 Å². The molecule has 8 heteroatoms. The first kappa shape index (κ1) is 19.1. The Morgan fingerprint density at radius 3 is 2.47 bits per heavy atom. The number of hydrogen-bond acceptors (Lipinski definition) is 7. The number of esters is 1. The van der Waals surface area contributed by atoms with Crippen molar-refractivity contribution in [3.8, 4) is 29.0 Å². The van der Waals surface area contributed by atoms with E-state index in [9.17, 15) is 10.1 Å². The number of nitriles is 1. The number of ether oxygens (including phenoxy) is 3. The van der Waals surface area contributed by atoms with Gasteiger partial charge in [-0.05, 0) is 42.0 Å². The number of methoxy groups -OCH3 is 2. The van der Waals surface area contributed by atoms with Crippen molar-refractivity contribution < 1.29 is 19.0 Å². The van der Waals surface area contributed by atoms with Crippen molar-refractivity contribution in [3.63, 3.8) is 0 Å². The van der Waals surface area contributed by atoms with Gasteiger partial charge in [0.25, 0.3) is 0 Å². The van der Waals surface area contributed by atoms with Crippen LogP contribution in [0.5, 0.6) is 11.6 Å². The smallest absolute Gasteiger partial charge is 0.337 e. The third kappa shape index (κ3) is 3.12. The molecule has 0 radical (unpaired) electrons. The van der Waals surface area contributed by atoms with Gasteiger partial charge < -0.3 is 19.9 Å². The molecule has 1 aliphatic rings. The fourth-order valence-electron chi connectivity index (χ4n) is 3.49.